The number of hydrogen-bond donors (Lipinski definition) is 2. The van der Waals surface area contributed by atoms with Gasteiger partial charge in [-0.15, -0.1) is 13.2 Å². The van der Waals surface area contributed by atoms with Crippen LogP contribution < -0.4 is 20.5 Å². The van der Waals surface area contributed by atoms with Crippen molar-refractivity contribution in [2.24, 2.45) is 5.73 Å². The average Bonchev–Trinajstić information content (AvgIpc) is 2.17. The number of nitrogens with one attached hydrogen (secondary N) is 1. The monoisotopic (exact) mass is 266 g/mol. The lowest BCUT2D eigenvalue weighted by Crippen LogP contribution is -2.20. The molecule has 0 aliphatic heterocycles. The Morgan fingerprint density at radius 1 is 1.41 bits per heavy atom. The molecule has 8 heteroatoms. The molecular weight excluding hydrogens is 257 g/mol. The molecule has 4 nitrogen and oxygen atoms in total. The highest BCUT2D eigenvalue weighted by Gasteiger charge is 2.31. The summed E-state index contributed by atoms with van der Waals surface area (Å²) in [6.45, 7) is 0. The van der Waals surface area contributed by atoms with E-state index in [-0.39, 0.29) is 16.6 Å². The molecule has 0 aliphatic rings. The average molecular weight is 266 g/mol. The first-order valence-electron chi connectivity index (χ1n) is 4.32. The molecule has 0 amide bonds. The highest BCUT2D eigenvalue weighted by atomic mass is 32.1. The van der Waals surface area contributed by atoms with Gasteiger partial charge in [-0.1, -0.05) is 0 Å². The van der Waals surface area contributed by atoms with Crippen LogP contribution in [0, 0.1) is 0 Å². The van der Waals surface area contributed by atoms with Gasteiger partial charge in [-0.05, 0) is 24.4 Å². The zero-order valence-corrected chi connectivity index (χ0v) is 9.48. The molecular formula is C9H9F3N2O2S. The van der Waals surface area contributed by atoms with Crippen molar-refractivity contribution in [1.29, 1.82) is 0 Å². The summed E-state index contributed by atoms with van der Waals surface area (Å²) in [5.41, 5.74) is 5.60. The molecule has 0 radical (unpaired) electrons. The molecule has 1 aromatic carbocycles. The molecule has 0 bridgehead atoms. The third-order valence-electron chi connectivity index (χ3n) is 1.66. The first kappa shape index (κ1) is 13.4. The van der Waals surface area contributed by atoms with Crippen molar-refractivity contribution in [3.63, 3.8) is 0 Å². The number of methoxy groups -OCH3 is 1. The Morgan fingerprint density at radius 2 is 2.06 bits per heavy atom. The Morgan fingerprint density at radius 3 is 2.53 bits per heavy atom. The Labute approximate surface area is 100 Å². The summed E-state index contributed by atoms with van der Waals surface area (Å²) < 4.78 is 44.5. The van der Waals surface area contributed by atoms with Crippen molar-refractivity contribution in [3.05, 3.63) is 18.2 Å². The molecule has 0 spiro atoms. The molecule has 1 aromatic rings. The maximum Gasteiger partial charge on any atom is 0.573 e. The van der Waals surface area contributed by atoms with E-state index in [4.69, 9.17) is 10.5 Å². The Kier molecular flexibility index (Phi) is 4.00. The van der Waals surface area contributed by atoms with Gasteiger partial charge >= 0.3 is 6.36 Å². The molecule has 3 N–H and O–H groups in total. The maximum absolute atomic E-state index is 12.0. The number of alkyl halides is 3. The van der Waals surface area contributed by atoms with Crippen LogP contribution in [0.15, 0.2) is 18.2 Å². The zero-order chi connectivity index (χ0) is 13.1. The van der Waals surface area contributed by atoms with Gasteiger partial charge in [-0.3, -0.25) is 0 Å². The fourth-order valence-corrected chi connectivity index (χ4v) is 1.21. The van der Waals surface area contributed by atoms with E-state index in [9.17, 15) is 13.2 Å². The Hall–Kier alpha value is -1.70. The van der Waals surface area contributed by atoms with E-state index in [0.29, 0.717) is 5.69 Å². The molecule has 0 fully saturated rings. The summed E-state index contributed by atoms with van der Waals surface area (Å²) in [5, 5.41) is 2.54. The first-order valence-corrected chi connectivity index (χ1v) is 4.73. The number of rotatable bonds is 3. The van der Waals surface area contributed by atoms with Gasteiger partial charge < -0.3 is 20.5 Å². The van der Waals surface area contributed by atoms with Crippen LogP contribution in [0.4, 0.5) is 18.9 Å². The van der Waals surface area contributed by atoms with Gasteiger partial charge in [0, 0.05) is 6.07 Å². The summed E-state index contributed by atoms with van der Waals surface area (Å²) in [7, 11) is 1.30. The van der Waals surface area contributed by atoms with E-state index in [2.05, 4.69) is 22.3 Å². The summed E-state index contributed by atoms with van der Waals surface area (Å²) in [5.74, 6) is -0.248. The van der Waals surface area contributed by atoms with Gasteiger partial charge in [0.25, 0.3) is 0 Å². The van der Waals surface area contributed by atoms with Crippen molar-refractivity contribution < 1.29 is 22.6 Å². The van der Waals surface area contributed by atoms with Crippen molar-refractivity contribution in [3.8, 4) is 11.5 Å². The standard InChI is InChI=1S/C9H9F3N2O2S/c1-15-7-4-5(16-9(10,11)12)2-3-6(7)14-8(13)17/h2-4H,1H3,(H3,13,14,17). The highest BCUT2D eigenvalue weighted by molar-refractivity contribution is 7.80. The number of hydrogen-bond acceptors (Lipinski definition) is 3. The lowest BCUT2D eigenvalue weighted by atomic mass is 10.2. The summed E-state index contributed by atoms with van der Waals surface area (Å²) >= 11 is 4.61. The first-order chi connectivity index (χ1) is 7.81. The number of nitrogens with two attached hydrogens (primary N) is 1. The van der Waals surface area contributed by atoms with Gasteiger partial charge in [0.2, 0.25) is 0 Å². The van der Waals surface area contributed by atoms with Crippen LogP contribution >= 0.6 is 12.2 Å². The minimum absolute atomic E-state index is 0.0206. The van der Waals surface area contributed by atoms with Crippen LogP contribution in [0.5, 0.6) is 11.5 Å². The summed E-state index contributed by atoms with van der Waals surface area (Å²) in [6.07, 6.45) is -4.75. The zero-order valence-electron chi connectivity index (χ0n) is 8.67. The lowest BCUT2D eigenvalue weighted by Gasteiger charge is -2.13. The minimum atomic E-state index is -4.75. The highest BCUT2D eigenvalue weighted by Crippen LogP contribution is 2.31. The van der Waals surface area contributed by atoms with E-state index in [1.165, 1.54) is 13.2 Å². The van der Waals surface area contributed by atoms with Crippen molar-refractivity contribution in [1.82, 2.24) is 0 Å². The van der Waals surface area contributed by atoms with Crippen LogP contribution in [-0.4, -0.2) is 18.6 Å². The molecule has 0 heterocycles. The van der Waals surface area contributed by atoms with E-state index < -0.39 is 6.36 Å². The number of ether oxygens (including phenoxy) is 2. The fraction of sp³-hybridized carbons (Fsp3) is 0.222. The maximum atomic E-state index is 12.0. The molecule has 17 heavy (non-hydrogen) atoms. The van der Waals surface area contributed by atoms with Crippen molar-refractivity contribution >= 4 is 23.0 Å². The summed E-state index contributed by atoms with van der Waals surface area (Å²) in [6, 6.07) is 3.52. The quantitative estimate of drug-likeness (QED) is 0.822. The van der Waals surface area contributed by atoms with Crippen molar-refractivity contribution in [2.75, 3.05) is 12.4 Å². The fourth-order valence-electron chi connectivity index (χ4n) is 1.10. The van der Waals surface area contributed by atoms with Gasteiger partial charge in [0.15, 0.2) is 5.11 Å². The third-order valence-corrected chi connectivity index (χ3v) is 1.77. The second-order valence-corrected chi connectivity index (χ2v) is 3.34. The van der Waals surface area contributed by atoms with Crippen LogP contribution in [0.1, 0.15) is 0 Å². The van der Waals surface area contributed by atoms with Gasteiger partial charge in [-0.2, -0.15) is 0 Å². The predicted molar refractivity (Wildman–Crippen MR) is 60.1 cm³/mol. The Bertz CT molecular complexity index is 423. The van der Waals surface area contributed by atoms with Crippen LogP contribution in [0.2, 0.25) is 0 Å². The predicted octanol–water partition coefficient (Wildman–Crippen LogP) is 2.25. The largest absolute Gasteiger partial charge is 0.573 e. The normalized spacial score (nSPS) is 10.8. The smallest absolute Gasteiger partial charge is 0.494 e. The molecule has 0 aliphatic carbocycles. The summed E-state index contributed by atoms with van der Waals surface area (Å²) in [4.78, 5) is 0. The van der Waals surface area contributed by atoms with E-state index in [0.717, 1.165) is 12.1 Å². The molecule has 1 rings (SSSR count). The number of anilines is 1. The van der Waals surface area contributed by atoms with Crippen LogP contribution in [0.25, 0.3) is 0 Å². The molecule has 0 saturated carbocycles. The van der Waals surface area contributed by atoms with Crippen molar-refractivity contribution in [2.45, 2.75) is 6.36 Å². The lowest BCUT2D eigenvalue weighted by molar-refractivity contribution is -0.274. The second kappa shape index (κ2) is 5.09. The molecule has 0 saturated heterocycles. The number of benzene rings is 1. The van der Waals surface area contributed by atoms with Gasteiger partial charge in [0.1, 0.15) is 11.5 Å². The minimum Gasteiger partial charge on any atom is -0.494 e. The molecule has 0 atom stereocenters. The Balaban J connectivity index is 2.96. The molecule has 94 valence electrons. The SMILES string of the molecule is COc1cc(OC(F)(F)F)ccc1NC(N)=S. The number of halogens is 3. The molecule has 0 unspecified atom stereocenters. The van der Waals surface area contributed by atoms with E-state index in [1.807, 2.05) is 0 Å². The number of thiocarbonyl (C=S) groups is 1. The van der Waals surface area contributed by atoms with Gasteiger partial charge in [0.05, 0.1) is 12.8 Å². The van der Waals surface area contributed by atoms with E-state index in [1.54, 1.807) is 0 Å². The second-order valence-electron chi connectivity index (χ2n) is 2.90. The van der Waals surface area contributed by atoms with Gasteiger partial charge in [-0.25, -0.2) is 0 Å². The molecule has 0 aromatic heterocycles. The topological polar surface area (TPSA) is 56.5 Å². The van der Waals surface area contributed by atoms with Crippen LogP contribution in [-0.2, 0) is 0 Å². The third kappa shape index (κ3) is 4.35. The van der Waals surface area contributed by atoms with E-state index >= 15 is 0 Å². The van der Waals surface area contributed by atoms with Crippen LogP contribution in [0.3, 0.4) is 0 Å².